The summed E-state index contributed by atoms with van der Waals surface area (Å²) >= 11 is 1.61. The maximum absolute atomic E-state index is 6.06. The molecule has 1 aromatic heterocycles. The third kappa shape index (κ3) is 3.11. The third-order valence-corrected chi connectivity index (χ3v) is 4.37. The van der Waals surface area contributed by atoms with Gasteiger partial charge in [0.1, 0.15) is 17.4 Å². The Morgan fingerprint density at radius 2 is 2.15 bits per heavy atom. The van der Waals surface area contributed by atoms with Crippen molar-refractivity contribution in [3.8, 4) is 16.3 Å². The lowest BCUT2D eigenvalue weighted by Crippen LogP contribution is -2.25. The number of likely N-dealkylation sites (tertiary alicyclic amines) is 1. The highest BCUT2D eigenvalue weighted by Gasteiger charge is 2.11. The number of aromatic nitrogens is 1. The van der Waals surface area contributed by atoms with Crippen LogP contribution in [-0.2, 0) is 0 Å². The van der Waals surface area contributed by atoms with Crippen LogP contribution in [0.3, 0.4) is 0 Å². The first-order chi connectivity index (χ1) is 9.83. The molecule has 0 unspecified atom stereocenters. The van der Waals surface area contributed by atoms with Crippen molar-refractivity contribution >= 4 is 17.0 Å². The van der Waals surface area contributed by atoms with Crippen LogP contribution in [0.1, 0.15) is 12.8 Å². The van der Waals surface area contributed by atoms with Crippen molar-refractivity contribution in [1.29, 1.82) is 0 Å². The standard InChI is InChI=1S/C15H19N3OS/c16-13-11-12(15-17-5-10-20-15)3-4-14(13)19-9-8-18-6-1-2-7-18/h3-5,10-11H,1-2,6-9,16H2. The Balaban J connectivity index is 1.59. The second-order valence-corrected chi connectivity index (χ2v) is 5.88. The summed E-state index contributed by atoms with van der Waals surface area (Å²) in [6.45, 7) is 4.07. The van der Waals surface area contributed by atoms with Crippen LogP contribution in [0, 0.1) is 0 Å². The minimum Gasteiger partial charge on any atom is -0.490 e. The Hall–Kier alpha value is -1.59. The number of hydrogen-bond acceptors (Lipinski definition) is 5. The Labute approximate surface area is 123 Å². The minimum atomic E-state index is 0.680. The summed E-state index contributed by atoms with van der Waals surface area (Å²) in [6.07, 6.45) is 4.42. The van der Waals surface area contributed by atoms with Crippen molar-refractivity contribution in [2.75, 3.05) is 32.0 Å². The van der Waals surface area contributed by atoms with Gasteiger partial charge in [-0.05, 0) is 44.1 Å². The quantitative estimate of drug-likeness (QED) is 0.860. The fraction of sp³-hybridized carbons (Fsp3) is 0.400. The van der Waals surface area contributed by atoms with E-state index in [1.165, 1.54) is 25.9 Å². The van der Waals surface area contributed by atoms with Gasteiger partial charge in [-0.3, -0.25) is 4.90 Å². The van der Waals surface area contributed by atoms with Gasteiger partial charge in [0.25, 0.3) is 0 Å². The molecule has 4 nitrogen and oxygen atoms in total. The highest BCUT2D eigenvalue weighted by Crippen LogP contribution is 2.29. The molecule has 1 fully saturated rings. The number of rotatable bonds is 5. The summed E-state index contributed by atoms with van der Waals surface area (Å²) in [4.78, 5) is 6.72. The van der Waals surface area contributed by atoms with Crippen LogP contribution in [-0.4, -0.2) is 36.1 Å². The van der Waals surface area contributed by atoms with Crippen LogP contribution < -0.4 is 10.5 Å². The second kappa shape index (κ2) is 6.24. The summed E-state index contributed by atoms with van der Waals surface area (Å²) in [7, 11) is 0. The smallest absolute Gasteiger partial charge is 0.142 e. The molecule has 2 N–H and O–H groups in total. The second-order valence-electron chi connectivity index (χ2n) is 4.99. The average molecular weight is 289 g/mol. The molecule has 0 atom stereocenters. The predicted octanol–water partition coefficient (Wildman–Crippen LogP) is 2.87. The van der Waals surface area contributed by atoms with Crippen molar-refractivity contribution in [1.82, 2.24) is 9.88 Å². The highest BCUT2D eigenvalue weighted by atomic mass is 32.1. The van der Waals surface area contributed by atoms with E-state index in [9.17, 15) is 0 Å². The summed E-state index contributed by atoms with van der Waals surface area (Å²) in [5.74, 6) is 0.768. The maximum atomic E-state index is 6.06. The van der Waals surface area contributed by atoms with Gasteiger partial charge >= 0.3 is 0 Å². The number of ether oxygens (including phenoxy) is 1. The van der Waals surface area contributed by atoms with E-state index in [1.807, 2.05) is 23.6 Å². The number of thiazole rings is 1. The van der Waals surface area contributed by atoms with Crippen LogP contribution in [0.2, 0.25) is 0 Å². The maximum Gasteiger partial charge on any atom is 0.142 e. The van der Waals surface area contributed by atoms with Gasteiger partial charge in [0, 0.05) is 23.7 Å². The molecule has 1 saturated heterocycles. The lowest BCUT2D eigenvalue weighted by atomic mass is 10.2. The molecular weight excluding hydrogens is 270 g/mol. The van der Waals surface area contributed by atoms with Crippen LogP contribution >= 0.6 is 11.3 Å². The zero-order chi connectivity index (χ0) is 13.8. The Morgan fingerprint density at radius 3 is 2.85 bits per heavy atom. The van der Waals surface area contributed by atoms with Crippen LogP contribution in [0.15, 0.2) is 29.8 Å². The Kier molecular flexibility index (Phi) is 4.18. The largest absolute Gasteiger partial charge is 0.490 e. The zero-order valence-corrected chi connectivity index (χ0v) is 12.2. The van der Waals surface area contributed by atoms with Crippen molar-refractivity contribution < 1.29 is 4.74 Å². The fourth-order valence-corrected chi connectivity index (χ4v) is 3.11. The molecule has 106 valence electrons. The monoisotopic (exact) mass is 289 g/mol. The zero-order valence-electron chi connectivity index (χ0n) is 11.4. The van der Waals surface area contributed by atoms with Gasteiger partial charge in [-0.2, -0.15) is 0 Å². The molecule has 0 amide bonds. The molecule has 0 spiro atoms. The molecule has 1 aromatic carbocycles. The SMILES string of the molecule is Nc1cc(-c2nccs2)ccc1OCCN1CCCC1. The summed E-state index contributed by atoms with van der Waals surface area (Å²) in [5, 5.41) is 2.95. The van der Waals surface area contributed by atoms with Crippen molar-refractivity contribution in [3.05, 3.63) is 29.8 Å². The first-order valence-corrected chi connectivity index (χ1v) is 7.85. The van der Waals surface area contributed by atoms with Crippen molar-refractivity contribution in [2.45, 2.75) is 12.8 Å². The van der Waals surface area contributed by atoms with E-state index in [0.29, 0.717) is 12.3 Å². The molecular formula is C15H19N3OS. The molecule has 2 aromatic rings. The Bertz CT molecular complexity index is 550. The van der Waals surface area contributed by atoms with E-state index in [0.717, 1.165) is 22.9 Å². The third-order valence-electron chi connectivity index (χ3n) is 3.55. The molecule has 3 rings (SSSR count). The topological polar surface area (TPSA) is 51.4 Å². The van der Waals surface area contributed by atoms with E-state index in [4.69, 9.17) is 10.5 Å². The number of nitrogen functional groups attached to an aromatic ring is 1. The molecule has 1 aliphatic heterocycles. The molecule has 20 heavy (non-hydrogen) atoms. The number of nitrogens with two attached hydrogens (primary N) is 1. The molecule has 2 heterocycles. The first-order valence-electron chi connectivity index (χ1n) is 6.97. The molecule has 0 aliphatic carbocycles. The average Bonchev–Trinajstić information content (AvgIpc) is 3.12. The fourth-order valence-electron chi connectivity index (χ4n) is 2.47. The van der Waals surface area contributed by atoms with Gasteiger partial charge in [0.15, 0.2) is 0 Å². The van der Waals surface area contributed by atoms with E-state index < -0.39 is 0 Å². The van der Waals surface area contributed by atoms with E-state index in [2.05, 4.69) is 9.88 Å². The molecule has 0 saturated carbocycles. The van der Waals surface area contributed by atoms with Gasteiger partial charge < -0.3 is 10.5 Å². The molecule has 0 radical (unpaired) electrons. The van der Waals surface area contributed by atoms with Gasteiger partial charge in [-0.15, -0.1) is 11.3 Å². The van der Waals surface area contributed by atoms with Gasteiger partial charge in [-0.1, -0.05) is 0 Å². The van der Waals surface area contributed by atoms with Crippen LogP contribution in [0.4, 0.5) is 5.69 Å². The van der Waals surface area contributed by atoms with Gasteiger partial charge in [0.2, 0.25) is 0 Å². The van der Waals surface area contributed by atoms with Gasteiger partial charge in [0.05, 0.1) is 5.69 Å². The summed E-state index contributed by atoms with van der Waals surface area (Å²) in [5.41, 5.74) is 7.79. The van der Waals surface area contributed by atoms with Crippen molar-refractivity contribution in [2.24, 2.45) is 0 Å². The summed E-state index contributed by atoms with van der Waals surface area (Å²) in [6, 6.07) is 5.89. The lowest BCUT2D eigenvalue weighted by molar-refractivity contribution is 0.238. The number of anilines is 1. The number of benzene rings is 1. The number of hydrogen-bond donors (Lipinski definition) is 1. The van der Waals surface area contributed by atoms with Crippen LogP contribution in [0.5, 0.6) is 5.75 Å². The van der Waals surface area contributed by atoms with Crippen molar-refractivity contribution in [3.63, 3.8) is 0 Å². The van der Waals surface area contributed by atoms with E-state index in [-0.39, 0.29) is 0 Å². The molecule has 5 heteroatoms. The molecule has 0 bridgehead atoms. The van der Waals surface area contributed by atoms with Gasteiger partial charge in [-0.25, -0.2) is 4.98 Å². The Morgan fingerprint density at radius 1 is 1.30 bits per heavy atom. The molecule has 1 aliphatic rings. The van der Waals surface area contributed by atoms with Crippen LogP contribution in [0.25, 0.3) is 10.6 Å². The predicted molar refractivity (Wildman–Crippen MR) is 83.1 cm³/mol. The minimum absolute atomic E-state index is 0.680. The first kappa shape index (κ1) is 13.4. The van der Waals surface area contributed by atoms with E-state index in [1.54, 1.807) is 17.5 Å². The van der Waals surface area contributed by atoms with E-state index >= 15 is 0 Å². The highest BCUT2D eigenvalue weighted by molar-refractivity contribution is 7.13. The number of nitrogens with zero attached hydrogens (tertiary/aromatic N) is 2. The lowest BCUT2D eigenvalue weighted by Gasteiger charge is -2.15. The summed E-state index contributed by atoms with van der Waals surface area (Å²) < 4.78 is 5.79. The normalized spacial score (nSPS) is 15.6.